The summed E-state index contributed by atoms with van der Waals surface area (Å²) < 4.78 is 6.35. The van der Waals surface area contributed by atoms with E-state index in [1.807, 2.05) is 72.9 Å². The monoisotopic (exact) mass is 723 g/mol. The van der Waals surface area contributed by atoms with Crippen LogP contribution in [0.1, 0.15) is 30.9 Å². The zero-order valence-electron chi connectivity index (χ0n) is 23.8. The Hall–Kier alpha value is -4.37. The third-order valence-electron chi connectivity index (χ3n) is 7.22. The van der Waals surface area contributed by atoms with E-state index in [0.717, 1.165) is 55.6 Å². The quantitative estimate of drug-likeness (QED) is 0.170. The molecule has 4 aromatic carbocycles. The summed E-state index contributed by atoms with van der Waals surface area (Å²) in [5.41, 5.74) is 10.4. The third kappa shape index (κ3) is 5.97. The Kier molecular flexibility index (Phi) is 9.07. The fraction of sp³-hybridized carbons (Fsp3) is 0.105. The number of benzene rings is 4. The first-order chi connectivity index (χ1) is 20.1. The van der Waals surface area contributed by atoms with Gasteiger partial charge in [-0.15, -0.1) is 54.1 Å². The molecule has 0 bridgehead atoms. The van der Waals surface area contributed by atoms with Gasteiger partial charge in [0.05, 0.1) is 5.58 Å². The Morgan fingerprint density at radius 3 is 2.21 bits per heavy atom. The first kappa shape index (κ1) is 29.1. The number of rotatable bonds is 4. The predicted molar refractivity (Wildman–Crippen MR) is 169 cm³/mol. The maximum atomic E-state index is 6.35. The molecule has 0 amide bonds. The second kappa shape index (κ2) is 13.1. The smallest absolute Gasteiger partial charge is 0.128 e. The standard InChI is InChI=1S/C23H14NO.C15H16N.Ir/c1-2-8-16(9-3-1)17-10-6-11-18-19-12-7-13-20(23(19)25-22(17)18)21-14-4-5-15-24-21;1-11(2)14-9-15(16-10-12(14)3)13-7-5-4-6-8-13;/h1-12,14-15H;4-7,9-11H,1-3H3;/q2*-1;. The van der Waals surface area contributed by atoms with E-state index in [2.05, 4.69) is 85.3 Å². The molecule has 7 rings (SSSR count). The van der Waals surface area contributed by atoms with Crippen molar-refractivity contribution < 1.29 is 24.5 Å². The summed E-state index contributed by atoms with van der Waals surface area (Å²) in [6.45, 7) is 6.53. The molecule has 0 spiro atoms. The van der Waals surface area contributed by atoms with Gasteiger partial charge in [-0.2, -0.15) is 0 Å². The molecule has 0 atom stereocenters. The fourth-order valence-electron chi connectivity index (χ4n) is 5.17. The summed E-state index contributed by atoms with van der Waals surface area (Å²) in [5.74, 6) is 0.533. The van der Waals surface area contributed by atoms with Crippen molar-refractivity contribution in [3.63, 3.8) is 0 Å². The van der Waals surface area contributed by atoms with Crippen LogP contribution < -0.4 is 0 Å². The van der Waals surface area contributed by atoms with Crippen LogP contribution in [0.25, 0.3) is 55.6 Å². The van der Waals surface area contributed by atoms with Crippen molar-refractivity contribution in [3.05, 3.63) is 145 Å². The largest absolute Gasteiger partial charge is 0.500 e. The van der Waals surface area contributed by atoms with Crippen LogP contribution in [0.2, 0.25) is 0 Å². The number of nitrogens with zero attached hydrogens (tertiary/aromatic N) is 2. The predicted octanol–water partition coefficient (Wildman–Crippen LogP) is 10.1. The summed E-state index contributed by atoms with van der Waals surface area (Å²) in [6.07, 6.45) is 3.74. The number of hydrogen-bond acceptors (Lipinski definition) is 3. The molecule has 0 saturated carbocycles. The molecule has 3 nitrogen and oxygen atoms in total. The van der Waals surface area contributed by atoms with Gasteiger partial charge in [0.2, 0.25) is 0 Å². The Balaban J connectivity index is 0.000000181. The van der Waals surface area contributed by atoms with Crippen molar-refractivity contribution in [2.45, 2.75) is 26.7 Å². The molecule has 3 heterocycles. The Morgan fingerprint density at radius 2 is 1.48 bits per heavy atom. The number of furan rings is 1. The average molecular weight is 723 g/mol. The van der Waals surface area contributed by atoms with Crippen LogP contribution in [-0.2, 0) is 20.1 Å². The van der Waals surface area contributed by atoms with E-state index in [4.69, 9.17) is 4.42 Å². The first-order valence-electron chi connectivity index (χ1n) is 13.9. The minimum Gasteiger partial charge on any atom is -0.500 e. The summed E-state index contributed by atoms with van der Waals surface area (Å²) in [6, 6.07) is 43.1. The SMILES string of the molecule is Cc1cnc(-c2[c-]cccc2)cc1C(C)C.[Ir].[c-]1ccc2c(oc3c(-c4ccccc4)cccc32)c1-c1ccccn1. The number of pyridine rings is 2. The topological polar surface area (TPSA) is 38.9 Å². The summed E-state index contributed by atoms with van der Waals surface area (Å²) in [5, 5.41) is 2.20. The second-order valence-electron chi connectivity index (χ2n) is 10.3. The molecule has 209 valence electrons. The van der Waals surface area contributed by atoms with E-state index in [-0.39, 0.29) is 20.1 Å². The van der Waals surface area contributed by atoms with Gasteiger partial charge in [-0.3, -0.25) is 0 Å². The zero-order chi connectivity index (χ0) is 28.2. The van der Waals surface area contributed by atoms with Gasteiger partial charge in [0.15, 0.2) is 0 Å². The summed E-state index contributed by atoms with van der Waals surface area (Å²) >= 11 is 0. The molecule has 3 aromatic heterocycles. The maximum Gasteiger partial charge on any atom is 0.128 e. The van der Waals surface area contributed by atoms with Crippen molar-refractivity contribution in [2.24, 2.45) is 0 Å². The van der Waals surface area contributed by atoms with Crippen LogP contribution in [0.3, 0.4) is 0 Å². The molecule has 0 N–H and O–H groups in total. The van der Waals surface area contributed by atoms with E-state index in [1.54, 1.807) is 6.20 Å². The number of fused-ring (bicyclic) bond motifs is 3. The van der Waals surface area contributed by atoms with Crippen LogP contribution in [0, 0.1) is 19.1 Å². The minimum absolute atomic E-state index is 0. The van der Waals surface area contributed by atoms with Crippen molar-refractivity contribution in [3.8, 4) is 33.6 Å². The number of hydrogen-bond donors (Lipinski definition) is 0. The van der Waals surface area contributed by atoms with Crippen molar-refractivity contribution in [1.82, 2.24) is 9.97 Å². The molecule has 0 unspecified atom stereocenters. The van der Waals surface area contributed by atoms with Gasteiger partial charge in [0, 0.05) is 43.4 Å². The molecular formula is C38H30IrN2O-2. The van der Waals surface area contributed by atoms with E-state index in [0.29, 0.717) is 5.92 Å². The summed E-state index contributed by atoms with van der Waals surface area (Å²) in [7, 11) is 0. The van der Waals surface area contributed by atoms with Crippen molar-refractivity contribution >= 4 is 21.9 Å². The van der Waals surface area contributed by atoms with Gasteiger partial charge in [-0.1, -0.05) is 91.5 Å². The number of para-hydroxylation sites is 1. The normalized spacial score (nSPS) is 10.8. The van der Waals surface area contributed by atoms with Crippen LogP contribution in [-0.4, -0.2) is 9.97 Å². The van der Waals surface area contributed by atoms with Gasteiger partial charge in [-0.25, -0.2) is 0 Å². The first-order valence-corrected chi connectivity index (χ1v) is 13.9. The maximum absolute atomic E-state index is 6.35. The Labute approximate surface area is 260 Å². The van der Waals surface area contributed by atoms with Crippen LogP contribution in [0.4, 0.5) is 0 Å². The molecule has 42 heavy (non-hydrogen) atoms. The Morgan fingerprint density at radius 1 is 0.690 bits per heavy atom. The minimum atomic E-state index is 0. The van der Waals surface area contributed by atoms with E-state index < -0.39 is 0 Å². The van der Waals surface area contributed by atoms with Crippen LogP contribution in [0.5, 0.6) is 0 Å². The molecule has 0 fully saturated rings. The Bertz CT molecular complexity index is 1820. The van der Waals surface area contributed by atoms with Gasteiger partial charge in [-0.05, 0) is 47.0 Å². The van der Waals surface area contributed by atoms with Crippen molar-refractivity contribution in [1.29, 1.82) is 0 Å². The van der Waals surface area contributed by atoms with Gasteiger partial charge in [0.1, 0.15) is 5.58 Å². The van der Waals surface area contributed by atoms with Crippen LogP contribution in [0.15, 0.2) is 126 Å². The van der Waals surface area contributed by atoms with E-state index in [1.165, 1.54) is 11.1 Å². The fourth-order valence-corrected chi connectivity index (χ4v) is 5.17. The zero-order valence-corrected chi connectivity index (χ0v) is 26.2. The molecule has 0 aliphatic heterocycles. The number of aryl methyl sites for hydroxylation is 1. The third-order valence-corrected chi connectivity index (χ3v) is 7.22. The van der Waals surface area contributed by atoms with E-state index >= 15 is 0 Å². The molecular weight excluding hydrogens is 693 g/mol. The van der Waals surface area contributed by atoms with Gasteiger partial charge >= 0.3 is 0 Å². The molecule has 0 aliphatic carbocycles. The van der Waals surface area contributed by atoms with E-state index in [9.17, 15) is 0 Å². The average Bonchev–Trinajstić information content (AvgIpc) is 3.42. The van der Waals surface area contributed by atoms with Crippen molar-refractivity contribution in [2.75, 3.05) is 0 Å². The van der Waals surface area contributed by atoms with Crippen LogP contribution >= 0.6 is 0 Å². The second-order valence-corrected chi connectivity index (χ2v) is 10.3. The number of aromatic nitrogens is 2. The summed E-state index contributed by atoms with van der Waals surface area (Å²) in [4.78, 5) is 8.92. The van der Waals surface area contributed by atoms with Gasteiger partial charge in [0.25, 0.3) is 0 Å². The molecule has 1 radical (unpaired) electrons. The molecule has 0 aliphatic rings. The molecule has 0 saturated heterocycles. The molecule has 4 heteroatoms. The molecule has 7 aromatic rings. The van der Waals surface area contributed by atoms with Gasteiger partial charge < -0.3 is 14.4 Å².